The van der Waals surface area contributed by atoms with Crippen LogP contribution in [0.5, 0.6) is 0 Å². The second-order valence-electron chi connectivity index (χ2n) is 8.12. The molecule has 4 rings (SSSR count). The monoisotopic (exact) mass is 431 g/mol. The summed E-state index contributed by atoms with van der Waals surface area (Å²) in [5, 5.41) is 3.73. The summed E-state index contributed by atoms with van der Waals surface area (Å²) in [5.74, 6) is -2.72. The molecule has 2 aliphatic rings. The van der Waals surface area contributed by atoms with Crippen LogP contribution in [0.4, 0.5) is 9.18 Å². The van der Waals surface area contributed by atoms with Crippen molar-refractivity contribution in [3.63, 3.8) is 0 Å². The zero-order chi connectivity index (χ0) is 22.3. The van der Waals surface area contributed by atoms with Gasteiger partial charge in [-0.15, -0.1) is 0 Å². The number of benzene rings is 1. The molecule has 9 nitrogen and oxygen atoms in total. The quantitative estimate of drug-likeness (QED) is 0.568. The standard InChI is InChI=1S/C21H22FN3O6/c1-11-6-8-21(9-7-11)19(28)25(20(29)23-21)24-15(26)10-30-18(27)16-12(2)13-4-3-5-14(22)17(13)31-16/h3-5,11H,6-10H2,1-2H3,(H,23,29)(H,24,26). The molecule has 1 saturated heterocycles. The maximum atomic E-state index is 13.8. The average Bonchev–Trinajstić information content (AvgIpc) is 3.19. The van der Waals surface area contributed by atoms with Crippen LogP contribution in [0.1, 0.15) is 48.7 Å². The number of imide groups is 1. The Kier molecular flexibility index (Phi) is 5.16. The summed E-state index contributed by atoms with van der Waals surface area (Å²) in [6.45, 7) is 2.90. The summed E-state index contributed by atoms with van der Waals surface area (Å²) in [6, 6.07) is 3.56. The van der Waals surface area contributed by atoms with Gasteiger partial charge in [-0.3, -0.25) is 15.0 Å². The summed E-state index contributed by atoms with van der Waals surface area (Å²) in [6.07, 6.45) is 2.59. The maximum Gasteiger partial charge on any atom is 0.375 e. The highest BCUT2D eigenvalue weighted by Crippen LogP contribution is 2.35. The lowest BCUT2D eigenvalue weighted by atomic mass is 9.77. The van der Waals surface area contributed by atoms with Crippen molar-refractivity contribution < 1.29 is 32.7 Å². The molecule has 2 heterocycles. The number of hydrogen-bond donors (Lipinski definition) is 2. The number of urea groups is 1. The first-order valence-corrected chi connectivity index (χ1v) is 10.0. The molecule has 0 atom stereocenters. The zero-order valence-electron chi connectivity index (χ0n) is 17.1. The number of carbonyl (C=O) groups excluding carboxylic acids is 4. The van der Waals surface area contributed by atoms with E-state index in [0.29, 0.717) is 34.7 Å². The number of amides is 4. The number of rotatable bonds is 4. The van der Waals surface area contributed by atoms with Crippen molar-refractivity contribution in [2.45, 2.75) is 45.1 Å². The van der Waals surface area contributed by atoms with E-state index in [1.165, 1.54) is 12.1 Å². The van der Waals surface area contributed by atoms with E-state index in [9.17, 15) is 23.6 Å². The van der Waals surface area contributed by atoms with Crippen LogP contribution in [0, 0.1) is 18.7 Å². The lowest BCUT2D eigenvalue weighted by molar-refractivity contribution is -0.141. The fourth-order valence-corrected chi connectivity index (χ4v) is 4.07. The van der Waals surface area contributed by atoms with Crippen LogP contribution in [0.25, 0.3) is 11.0 Å². The van der Waals surface area contributed by atoms with E-state index in [-0.39, 0.29) is 11.3 Å². The number of ether oxygens (including phenoxy) is 1. The first-order valence-electron chi connectivity index (χ1n) is 10.0. The number of furan rings is 1. The third-order valence-electron chi connectivity index (χ3n) is 5.96. The van der Waals surface area contributed by atoms with Crippen LogP contribution in [0.2, 0.25) is 0 Å². The Morgan fingerprint density at radius 2 is 2.03 bits per heavy atom. The van der Waals surface area contributed by atoms with E-state index >= 15 is 0 Å². The van der Waals surface area contributed by atoms with Gasteiger partial charge in [0.2, 0.25) is 5.76 Å². The molecule has 1 spiro atoms. The molecule has 1 aliphatic heterocycles. The maximum absolute atomic E-state index is 13.8. The summed E-state index contributed by atoms with van der Waals surface area (Å²) in [5.41, 5.74) is 1.48. The van der Waals surface area contributed by atoms with Crippen molar-refractivity contribution in [2.75, 3.05) is 6.61 Å². The van der Waals surface area contributed by atoms with Crippen LogP contribution in [-0.2, 0) is 14.3 Å². The molecular formula is C21H22FN3O6. The number of carbonyl (C=O) groups is 4. The van der Waals surface area contributed by atoms with Gasteiger partial charge in [-0.1, -0.05) is 19.1 Å². The largest absolute Gasteiger partial charge is 0.450 e. The summed E-state index contributed by atoms with van der Waals surface area (Å²) >= 11 is 0. The van der Waals surface area contributed by atoms with Crippen LogP contribution in [-0.4, -0.2) is 41.0 Å². The first-order chi connectivity index (χ1) is 14.7. The van der Waals surface area contributed by atoms with Gasteiger partial charge in [-0.05, 0) is 44.6 Å². The van der Waals surface area contributed by atoms with E-state index < -0.39 is 41.8 Å². The van der Waals surface area contributed by atoms with Crippen LogP contribution >= 0.6 is 0 Å². The van der Waals surface area contributed by atoms with Gasteiger partial charge < -0.3 is 14.5 Å². The Morgan fingerprint density at radius 1 is 1.32 bits per heavy atom. The van der Waals surface area contributed by atoms with Crippen molar-refractivity contribution in [1.29, 1.82) is 0 Å². The van der Waals surface area contributed by atoms with E-state index in [1.54, 1.807) is 13.0 Å². The second kappa shape index (κ2) is 7.68. The van der Waals surface area contributed by atoms with Crippen molar-refractivity contribution in [3.8, 4) is 0 Å². The summed E-state index contributed by atoms with van der Waals surface area (Å²) in [7, 11) is 0. The molecule has 31 heavy (non-hydrogen) atoms. The van der Waals surface area contributed by atoms with E-state index in [2.05, 4.69) is 17.7 Å². The molecule has 164 valence electrons. The predicted octanol–water partition coefficient (Wildman–Crippen LogP) is 2.57. The van der Waals surface area contributed by atoms with Crippen LogP contribution in [0.3, 0.4) is 0 Å². The molecule has 2 aromatic rings. The average molecular weight is 431 g/mol. The van der Waals surface area contributed by atoms with E-state index in [4.69, 9.17) is 9.15 Å². The Morgan fingerprint density at radius 3 is 2.71 bits per heavy atom. The highest BCUT2D eigenvalue weighted by molar-refractivity contribution is 6.08. The lowest BCUT2D eigenvalue weighted by Gasteiger charge is -2.33. The second-order valence-corrected chi connectivity index (χ2v) is 8.12. The highest BCUT2D eigenvalue weighted by Gasteiger charge is 2.52. The normalized spacial score (nSPS) is 23.3. The van der Waals surface area contributed by atoms with Gasteiger partial charge in [0, 0.05) is 10.9 Å². The van der Waals surface area contributed by atoms with Crippen molar-refractivity contribution in [2.24, 2.45) is 5.92 Å². The minimum absolute atomic E-state index is 0.0807. The van der Waals surface area contributed by atoms with Gasteiger partial charge in [0.15, 0.2) is 18.0 Å². The van der Waals surface area contributed by atoms with E-state index in [0.717, 1.165) is 12.8 Å². The number of esters is 1. The minimum atomic E-state index is -0.997. The van der Waals surface area contributed by atoms with Crippen LogP contribution < -0.4 is 10.7 Å². The summed E-state index contributed by atoms with van der Waals surface area (Å²) in [4.78, 5) is 49.5. The van der Waals surface area contributed by atoms with Crippen molar-refractivity contribution in [1.82, 2.24) is 15.8 Å². The number of hydrazine groups is 1. The van der Waals surface area contributed by atoms with Gasteiger partial charge in [-0.25, -0.2) is 14.0 Å². The first kappa shape index (κ1) is 20.8. The fraction of sp³-hybridized carbons (Fsp3) is 0.429. The van der Waals surface area contributed by atoms with Crippen molar-refractivity contribution >= 4 is 34.8 Å². The SMILES string of the molecule is Cc1c(C(=O)OCC(=O)NN2C(=O)NC3(CCC(C)CC3)C2=O)oc2c(F)cccc12. The lowest BCUT2D eigenvalue weighted by Crippen LogP contribution is -2.52. The molecule has 1 aromatic heterocycles. The number of para-hydroxylation sites is 1. The third kappa shape index (κ3) is 3.62. The molecule has 0 radical (unpaired) electrons. The molecule has 2 N–H and O–H groups in total. The Bertz CT molecular complexity index is 1090. The minimum Gasteiger partial charge on any atom is -0.450 e. The number of nitrogens with zero attached hydrogens (tertiary/aromatic N) is 1. The zero-order valence-corrected chi connectivity index (χ0v) is 17.1. The predicted molar refractivity (Wildman–Crippen MR) is 105 cm³/mol. The molecule has 10 heteroatoms. The Hall–Kier alpha value is -3.43. The number of halogens is 1. The van der Waals surface area contributed by atoms with Gasteiger partial charge in [0.1, 0.15) is 5.54 Å². The van der Waals surface area contributed by atoms with Gasteiger partial charge >= 0.3 is 12.0 Å². The Balaban J connectivity index is 1.38. The molecule has 4 amide bonds. The van der Waals surface area contributed by atoms with Gasteiger partial charge in [0.25, 0.3) is 11.8 Å². The molecule has 1 aromatic carbocycles. The molecule has 1 aliphatic carbocycles. The van der Waals surface area contributed by atoms with Gasteiger partial charge in [-0.2, -0.15) is 5.01 Å². The molecule has 2 fully saturated rings. The van der Waals surface area contributed by atoms with Crippen molar-refractivity contribution in [3.05, 3.63) is 35.3 Å². The molecule has 1 saturated carbocycles. The third-order valence-corrected chi connectivity index (χ3v) is 5.96. The number of aryl methyl sites for hydroxylation is 1. The highest BCUT2D eigenvalue weighted by atomic mass is 19.1. The number of nitrogens with one attached hydrogen (secondary N) is 2. The smallest absolute Gasteiger partial charge is 0.375 e. The Labute approximate surface area is 176 Å². The van der Waals surface area contributed by atoms with Gasteiger partial charge in [0.05, 0.1) is 0 Å². The number of hydrogen-bond acceptors (Lipinski definition) is 6. The fourth-order valence-electron chi connectivity index (χ4n) is 4.07. The topological polar surface area (TPSA) is 118 Å². The number of fused-ring (bicyclic) bond motifs is 1. The van der Waals surface area contributed by atoms with Crippen LogP contribution in [0.15, 0.2) is 22.6 Å². The molecule has 0 bridgehead atoms. The van der Waals surface area contributed by atoms with E-state index in [1.807, 2.05) is 0 Å². The summed E-state index contributed by atoms with van der Waals surface area (Å²) < 4.78 is 24.0. The molecule has 0 unspecified atom stereocenters. The molecular weight excluding hydrogens is 409 g/mol.